The molecule has 90 valence electrons. The fourth-order valence-electron chi connectivity index (χ4n) is 2.49. The lowest BCUT2D eigenvalue weighted by molar-refractivity contribution is 0.0278. The molecule has 2 aliphatic rings. The quantitative estimate of drug-likeness (QED) is 0.783. The van der Waals surface area contributed by atoms with Crippen LogP contribution in [0.5, 0.6) is 0 Å². The van der Waals surface area contributed by atoms with E-state index >= 15 is 0 Å². The highest BCUT2D eigenvalue weighted by Gasteiger charge is 2.22. The second-order valence-corrected chi connectivity index (χ2v) is 4.61. The van der Waals surface area contributed by atoms with E-state index in [4.69, 9.17) is 4.74 Å². The van der Waals surface area contributed by atoms with Crippen molar-refractivity contribution in [3.63, 3.8) is 0 Å². The Morgan fingerprint density at radius 1 is 1.20 bits per heavy atom. The molecule has 2 rings (SSSR count). The van der Waals surface area contributed by atoms with Gasteiger partial charge in [-0.2, -0.15) is 0 Å². The smallest absolute Gasteiger partial charge is 0.0667 e. The third-order valence-corrected chi connectivity index (χ3v) is 3.34. The maximum atomic E-state index is 9.54. The number of likely N-dealkylation sites (tertiary alicyclic amines) is 1. The van der Waals surface area contributed by atoms with Crippen molar-refractivity contribution in [1.29, 1.82) is 0 Å². The first-order chi connectivity index (χ1) is 6.84. The van der Waals surface area contributed by atoms with Gasteiger partial charge in [0.25, 0.3) is 0 Å². The molecule has 0 aliphatic carbocycles. The Morgan fingerprint density at radius 2 is 1.93 bits per heavy atom. The topological polar surface area (TPSA) is 32.7 Å². The van der Waals surface area contributed by atoms with Gasteiger partial charge in [-0.1, -0.05) is 0 Å². The number of rotatable bonds is 2. The SMILES string of the molecule is Cl.OC1CCCN(CC2CCOCC2)C1. The molecule has 0 radical (unpaired) electrons. The lowest BCUT2D eigenvalue weighted by atomic mass is 9.98. The maximum Gasteiger partial charge on any atom is 0.0667 e. The van der Waals surface area contributed by atoms with Crippen molar-refractivity contribution in [1.82, 2.24) is 4.90 Å². The van der Waals surface area contributed by atoms with Gasteiger partial charge in [-0.15, -0.1) is 12.4 Å². The fraction of sp³-hybridized carbons (Fsp3) is 1.00. The number of β-amino-alcohol motifs (C(OH)–C–C–N with tert-alkyl or cyclic N) is 1. The molecule has 0 spiro atoms. The summed E-state index contributed by atoms with van der Waals surface area (Å²) >= 11 is 0. The van der Waals surface area contributed by atoms with Crippen molar-refractivity contribution >= 4 is 12.4 Å². The zero-order valence-electron chi connectivity index (χ0n) is 9.23. The Morgan fingerprint density at radius 3 is 2.60 bits per heavy atom. The largest absolute Gasteiger partial charge is 0.392 e. The van der Waals surface area contributed by atoms with Gasteiger partial charge in [0, 0.05) is 26.3 Å². The van der Waals surface area contributed by atoms with E-state index in [0.717, 1.165) is 38.5 Å². The van der Waals surface area contributed by atoms with Gasteiger partial charge in [-0.3, -0.25) is 0 Å². The van der Waals surface area contributed by atoms with Crippen LogP contribution in [-0.2, 0) is 4.74 Å². The second-order valence-electron chi connectivity index (χ2n) is 4.61. The molecule has 0 amide bonds. The average Bonchev–Trinajstić information content (AvgIpc) is 2.19. The van der Waals surface area contributed by atoms with Crippen LogP contribution in [0.4, 0.5) is 0 Å². The number of aliphatic hydroxyl groups excluding tert-OH is 1. The third kappa shape index (κ3) is 4.27. The van der Waals surface area contributed by atoms with Crippen LogP contribution in [0.25, 0.3) is 0 Å². The van der Waals surface area contributed by atoms with Crippen LogP contribution in [0, 0.1) is 5.92 Å². The van der Waals surface area contributed by atoms with Crippen molar-refractivity contribution in [2.24, 2.45) is 5.92 Å². The monoisotopic (exact) mass is 235 g/mol. The van der Waals surface area contributed by atoms with Crippen LogP contribution in [0.2, 0.25) is 0 Å². The predicted octanol–water partition coefficient (Wildman–Crippen LogP) is 1.29. The van der Waals surface area contributed by atoms with Gasteiger partial charge in [0.2, 0.25) is 0 Å². The highest BCUT2D eigenvalue weighted by Crippen LogP contribution is 2.18. The molecule has 2 aliphatic heterocycles. The van der Waals surface area contributed by atoms with E-state index in [0.29, 0.717) is 0 Å². The highest BCUT2D eigenvalue weighted by atomic mass is 35.5. The number of halogens is 1. The number of nitrogens with zero attached hydrogens (tertiary/aromatic N) is 1. The average molecular weight is 236 g/mol. The molecule has 0 aromatic carbocycles. The van der Waals surface area contributed by atoms with Crippen molar-refractivity contribution in [2.75, 3.05) is 32.8 Å². The van der Waals surface area contributed by atoms with E-state index in [9.17, 15) is 5.11 Å². The zero-order valence-corrected chi connectivity index (χ0v) is 10.0. The van der Waals surface area contributed by atoms with Gasteiger partial charge in [0.1, 0.15) is 0 Å². The number of ether oxygens (including phenoxy) is 1. The van der Waals surface area contributed by atoms with Crippen molar-refractivity contribution in [3.05, 3.63) is 0 Å². The number of piperidine rings is 1. The van der Waals surface area contributed by atoms with E-state index in [1.165, 1.54) is 25.9 Å². The minimum absolute atomic E-state index is 0. The van der Waals surface area contributed by atoms with Crippen LogP contribution >= 0.6 is 12.4 Å². The molecule has 2 heterocycles. The first-order valence-corrected chi connectivity index (χ1v) is 5.83. The Bertz CT molecular complexity index is 174. The molecule has 2 fully saturated rings. The number of hydrogen-bond acceptors (Lipinski definition) is 3. The molecular weight excluding hydrogens is 214 g/mol. The van der Waals surface area contributed by atoms with E-state index in [1.54, 1.807) is 0 Å². The molecule has 0 aromatic rings. The minimum atomic E-state index is -0.0800. The summed E-state index contributed by atoms with van der Waals surface area (Å²) in [7, 11) is 0. The van der Waals surface area contributed by atoms with Gasteiger partial charge in [0.15, 0.2) is 0 Å². The molecule has 0 aromatic heterocycles. The summed E-state index contributed by atoms with van der Waals surface area (Å²) in [5.41, 5.74) is 0. The molecule has 1 atom stereocenters. The summed E-state index contributed by atoms with van der Waals surface area (Å²) in [6, 6.07) is 0. The first kappa shape index (κ1) is 13.2. The van der Waals surface area contributed by atoms with Gasteiger partial charge in [0.05, 0.1) is 6.10 Å². The fourth-order valence-corrected chi connectivity index (χ4v) is 2.49. The normalized spacial score (nSPS) is 29.8. The third-order valence-electron chi connectivity index (χ3n) is 3.34. The molecule has 3 nitrogen and oxygen atoms in total. The van der Waals surface area contributed by atoms with Crippen LogP contribution in [0.1, 0.15) is 25.7 Å². The zero-order chi connectivity index (χ0) is 9.80. The summed E-state index contributed by atoms with van der Waals surface area (Å²) < 4.78 is 5.34. The minimum Gasteiger partial charge on any atom is -0.392 e. The summed E-state index contributed by atoms with van der Waals surface area (Å²) in [5, 5.41) is 9.54. The molecular formula is C11H22ClNO2. The van der Waals surface area contributed by atoms with E-state index < -0.39 is 0 Å². The highest BCUT2D eigenvalue weighted by molar-refractivity contribution is 5.85. The van der Waals surface area contributed by atoms with Gasteiger partial charge < -0.3 is 14.7 Å². The molecule has 1 unspecified atom stereocenters. The predicted molar refractivity (Wildman–Crippen MR) is 62.5 cm³/mol. The Labute approximate surface area is 98.2 Å². The van der Waals surface area contributed by atoms with Gasteiger partial charge in [-0.05, 0) is 38.1 Å². The summed E-state index contributed by atoms with van der Waals surface area (Å²) in [5.74, 6) is 0.800. The van der Waals surface area contributed by atoms with Crippen LogP contribution in [-0.4, -0.2) is 49.0 Å². The Kier molecular flexibility index (Phi) is 5.90. The van der Waals surface area contributed by atoms with Crippen LogP contribution < -0.4 is 0 Å². The van der Waals surface area contributed by atoms with Crippen molar-refractivity contribution in [2.45, 2.75) is 31.8 Å². The van der Waals surface area contributed by atoms with Gasteiger partial charge in [-0.25, -0.2) is 0 Å². The van der Waals surface area contributed by atoms with E-state index in [1.807, 2.05) is 0 Å². The van der Waals surface area contributed by atoms with Crippen molar-refractivity contribution in [3.8, 4) is 0 Å². The van der Waals surface area contributed by atoms with Crippen LogP contribution in [0.15, 0.2) is 0 Å². The van der Waals surface area contributed by atoms with E-state index in [-0.39, 0.29) is 18.5 Å². The number of aliphatic hydroxyl groups is 1. The standard InChI is InChI=1S/C11H21NO2.ClH/c13-11-2-1-5-12(9-11)8-10-3-6-14-7-4-10;/h10-11,13H,1-9H2;1H. The summed E-state index contributed by atoms with van der Waals surface area (Å²) in [6.07, 6.45) is 4.47. The molecule has 0 bridgehead atoms. The molecule has 2 saturated heterocycles. The maximum absolute atomic E-state index is 9.54. The summed E-state index contributed by atoms with van der Waals surface area (Å²) in [4.78, 5) is 2.42. The van der Waals surface area contributed by atoms with E-state index in [2.05, 4.69) is 4.90 Å². The van der Waals surface area contributed by atoms with Gasteiger partial charge >= 0.3 is 0 Å². The number of hydrogen-bond donors (Lipinski definition) is 1. The second kappa shape index (κ2) is 6.69. The molecule has 15 heavy (non-hydrogen) atoms. The summed E-state index contributed by atoms with van der Waals surface area (Å²) in [6.45, 7) is 5.09. The first-order valence-electron chi connectivity index (χ1n) is 5.83. The molecule has 1 N–H and O–H groups in total. The van der Waals surface area contributed by atoms with Crippen LogP contribution in [0.3, 0.4) is 0 Å². The molecule has 0 saturated carbocycles. The Balaban J connectivity index is 0.00000112. The van der Waals surface area contributed by atoms with Crippen molar-refractivity contribution < 1.29 is 9.84 Å². The Hall–Kier alpha value is 0.170. The lowest BCUT2D eigenvalue weighted by Gasteiger charge is -2.34. The lowest BCUT2D eigenvalue weighted by Crippen LogP contribution is -2.41. The molecule has 4 heteroatoms.